The van der Waals surface area contributed by atoms with Gasteiger partial charge in [-0.2, -0.15) is 0 Å². The van der Waals surface area contributed by atoms with Crippen LogP contribution in [0.15, 0.2) is 18.2 Å². The number of aromatic nitrogens is 2. The number of aryl methyl sites for hydroxylation is 1. The zero-order chi connectivity index (χ0) is 14.8. The molecule has 1 fully saturated rings. The van der Waals surface area contributed by atoms with E-state index in [-0.39, 0.29) is 18.0 Å². The minimum Gasteiger partial charge on any atom is -0.377 e. The van der Waals surface area contributed by atoms with E-state index in [4.69, 9.17) is 4.74 Å². The molecule has 4 nitrogen and oxygen atoms in total. The number of para-hydroxylation sites is 1. The molecule has 114 valence electrons. The zero-order valence-corrected chi connectivity index (χ0v) is 12.6. The Kier molecular flexibility index (Phi) is 4.22. The van der Waals surface area contributed by atoms with Crippen LogP contribution in [0.2, 0.25) is 0 Å². The van der Waals surface area contributed by atoms with E-state index in [1.165, 1.54) is 6.07 Å². The molecule has 1 saturated heterocycles. The molecule has 0 aliphatic carbocycles. The van der Waals surface area contributed by atoms with Gasteiger partial charge in [-0.05, 0) is 38.8 Å². The average molecular weight is 291 g/mol. The molecule has 0 radical (unpaired) electrons. The van der Waals surface area contributed by atoms with E-state index in [0.717, 1.165) is 37.3 Å². The number of halogens is 1. The van der Waals surface area contributed by atoms with Crippen molar-refractivity contribution >= 4 is 11.0 Å². The highest BCUT2D eigenvalue weighted by Crippen LogP contribution is 2.20. The van der Waals surface area contributed by atoms with Crippen molar-refractivity contribution in [1.29, 1.82) is 0 Å². The van der Waals surface area contributed by atoms with Gasteiger partial charge in [0, 0.05) is 19.2 Å². The Morgan fingerprint density at radius 2 is 2.38 bits per heavy atom. The number of nitrogens with one attached hydrogen (secondary N) is 1. The van der Waals surface area contributed by atoms with Crippen molar-refractivity contribution in [3.63, 3.8) is 0 Å². The summed E-state index contributed by atoms with van der Waals surface area (Å²) in [6, 6.07) is 5.39. The standard InChI is InChI=1S/C16H22FN3O/c1-3-20-13-7-4-6-12(17)16(13)19-15(20)10-18-11(2)14-8-5-9-21-14/h4,6-7,11,14,18H,3,5,8-10H2,1-2H3/t11-,14-/m0/s1. The number of nitrogens with zero attached hydrogens (tertiary/aromatic N) is 2. The molecule has 2 heterocycles. The minimum atomic E-state index is -0.256. The second-order valence-electron chi connectivity index (χ2n) is 5.60. The number of imidazole rings is 1. The highest BCUT2D eigenvalue weighted by atomic mass is 19.1. The molecular weight excluding hydrogens is 269 g/mol. The van der Waals surface area contributed by atoms with Crippen molar-refractivity contribution in [2.75, 3.05) is 6.61 Å². The van der Waals surface area contributed by atoms with E-state index in [1.54, 1.807) is 6.07 Å². The molecule has 0 bridgehead atoms. The first kappa shape index (κ1) is 14.5. The molecule has 1 aromatic carbocycles. The maximum atomic E-state index is 13.8. The predicted molar refractivity (Wildman–Crippen MR) is 80.6 cm³/mol. The van der Waals surface area contributed by atoms with Crippen molar-refractivity contribution in [3.8, 4) is 0 Å². The second kappa shape index (κ2) is 6.12. The number of benzene rings is 1. The zero-order valence-electron chi connectivity index (χ0n) is 12.6. The van der Waals surface area contributed by atoms with Gasteiger partial charge in [-0.15, -0.1) is 0 Å². The highest BCUT2D eigenvalue weighted by molar-refractivity contribution is 5.76. The second-order valence-corrected chi connectivity index (χ2v) is 5.60. The Hall–Kier alpha value is -1.46. The molecule has 3 rings (SSSR count). The summed E-state index contributed by atoms with van der Waals surface area (Å²) in [6.45, 7) is 6.46. The van der Waals surface area contributed by atoms with Gasteiger partial charge in [0.05, 0.1) is 18.2 Å². The molecule has 5 heteroatoms. The Balaban J connectivity index is 1.78. The lowest BCUT2D eigenvalue weighted by molar-refractivity contribution is 0.0829. The van der Waals surface area contributed by atoms with Crippen LogP contribution >= 0.6 is 0 Å². The first-order valence-electron chi connectivity index (χ1n) is 7.69. The quantitative estimate of drug-likeness (QED) is 0.920. The van der Waals surface area contributed by atoms with Crippen LogP contribution in [-0.4, -0.2) is 28.3 Å². The molecule has 1 aliphatic rings. The van der Waals surface area contributed by atoms with Crippen molar-refractivity contribution in [1.82, 2.24) is 14.9 Å². The third-order valence-corrected chi connectivity index (χ3v) is 4.23. The Bertz CT molecular complexity index is 619. The Labute approximate surface area is 124 Å². The molecule has 0 spiro atoms. The van der Waals surface area contributed by atoms with Crippen molar-refractivity contribution < 1.29 is 9.13 Å². The van der Waals surface area contributed by atoms with Crippen LogP contribution in [0.4, 0.5) is 4.39 Å². The van der Waals surface area contributed by atoms with E-state index >= 15 is 0 Å². The number of hydrogen-bond donors (Lipinski definition) is 1. The van der Waals surface area contributed by atoms with Gasteiger partial charge in [-0.25, -0.2) is 9.37 Å². The van der Waals surface area contributed by atoms with Crippen LogP contribution in [0.1, 0.15) is 32.5 Å². The molecular formula is C16H22FN3O. The largest absolute Gasteiger partial charge is 0.377 e. The van der Waals surface area contributed by atoms with Gasteiger partial charge in [0.15, 0.2) is 5.82 Å². The Morgan fingerprint density at radius 1 is 1.52 bits per heavy atom. The maximum absolute atomic E-state index is 13.8. The number of fused-ring (bicyclic) bond motifs is 1. The fourth-order valence-electron chi connectivity index (χ4n) is 3.03. The van der Waals surface area contributed by atoms with E-state index in [0.29, 0.717) is 12.1 Å². The monoisotopic (exact) mass is 291 g/mol. The van der Waals surface area contributed by atoms with Crippen LogP contribution in [0.3, 0.4) is 0 Å². The van der Waals surface area contributed by atoms with Crippen LogP contribution in [-0.2, 0) is 17.8 Å². The Morgan fingerprint density at radius 3 is 3.10 bits per heavy atom. The normalized spacial score (nSPS) is 20.2. The van der Waals surface area contributed by atoms with Gasteiger partial charge in [0.25, 0.3) is 0 Å². The SMILES string of the molecule is CCn1c(CN[C@@H](C)[C@@H]2CCCO2)nc2c(F)cccc21. The van der Waals surface area contributed by atoms with Gasteiger partial charge < -0.3 is 14.6 Å². The van der Waals surface area contributed by atoms with Crippen LogP contribution in [0.25, 0.3) is 11.0 Å². The van der Waals surface area contributed by atoms with Gasteiger partial charge in [-0.1, -0.05) is 6.07 Å². The lowest BCUT2D eigenvalue weighted by Crippen LogP contribution is -2.37. The molecule has 1 aromatic heterocycles. The summed E-state index contributed by atoms with van der Waals surface area (Å²) in [5.41, 5.74) is 1.32. The number of hydrogen-bond acceptors (Lipinski definition) is 3. The predicted octanol–water partition coefficient (Wildman–Crippen LogP) is 2.85. The fourth-order valence-corrected chi connectivity index (χ4v) is 3.03. The minimum absolute atomic E-state index is 0.256. The maximum Gasteiger partial charge on any atom is 0.151 e. The van der Waals surface area contributed by atoms with Gasteiger partial charge in [-0.3, -0.25) is 0 Å². The number of rotatable bonds is 5. The lowest BCUT2D eigenvalue weighted by atomic mass is 10.1. The third-order valence-electron chi connectivity index (χ3n) is 4.23. The molecule has 21 heavy (non-hydrogen) atoms. The molecule has 2 aromatic rings. The summed E-state index contributed by atoms with van der Waals surface area (Å²) in [7, 11) is 0. The molecule has 0 amide bonds. The first-order chi connectivity index (χ1) is 10.2. The summed E-state index contributed by atoms with van der Waals surface area (Å²) < 4.78 is 21.6. The van der Waals surface area contributed by atoms with Crippen molar-refractivity contribution in [2.45, 2.75) is 51.9 Å². The topological polar surface area (TPSA) is 39.1 Å². The van der Waals surface area contributed by atoms with Crippen LogP contribution < -0.4 is 5.32 Å². The molecule has 1 aliphatic heterocycles. The molecule has 0 unspecified atom stereocenters. The first-order valence-corrected chi connectivity index (χ1v) is 7.69. The van der Waals surface area contributed by atoms with Crippen molar-refractivity contribution in [2.24, 2.45) is 0 Å². The van der Waals surface area contributed by atoms with Gasteiger partial charge in [0.2, 0.25) is 0 Å². The van der Waals surface area contributed by atoms with Gasteiger partial charge in [0.1, 0.15) is 11.3 Å². The van der Waals surface area contributed by atoms with Crippen molar-refractivity contribution in [3.05, 3.63) is 29.8 Å². The summed E-state index contributed by atoms with van der Waals surface area (Å²) >= 11 is 0. The van der Waals surface area contributed by atoms with Gasteiger partial charge >= 0.3 is 0 Å². The molecule has 0 saturated carbocycles. The van der Waals surface area contributed by atoms with Crippen LogP contribution in [0.5, 0.6) is 0 Å². The fraction of sp³-hybridized carbons (Fsp3) is 0.562. The third kappa shape index (κ3) is 2.80. The summed E-state index contributed by atoms with van der Waals surface area (Å²) in [6.07, 6.45) is 2.52. The lowest BCUT2D eigenvalue weighted by Gasteiger charge is -2.20. The molecule has 1 N–H and O–H groups in total. The van der Waals surface area contributed by atoms with E-state index in [9.17, 15) is 4.39 Å². The summed E-state index contributed by atoms with van der Waals surface area (Å²) in [5, 5.41) is 3.47. The smallest absolute Gasteiger partial charge is 0.151 e. The molecule has 2 atom stereocenters. The van der Waals surface area contributed by atoms with Crippen LogP contribution in [0, 0.1) is 5.82 Å². The van der Waals surface area contributed by atoms with E-state index in [1.807, 2.05) is 6.07 Å². The average Bonchev–Trinajstić information content (AvgIpc) is 3.12. The van der Waals surface area contributed by atoms with E-state index in [2.05, 4.69) is 28.7 Å². The highest BCUT2D eigenvalue weighted by Gasteiger charge is 2.22. The summed E-state index contributed by atoms with van der Waals surface area (Å²) in [5.74, 6) is 0.621. The summed E-state index contributed by atoms with van der Waals surface area (Å²) in [4.78, 5) is 4.47. The number of ether oxygens (including phenoxy) is 1. The van der Waals surface area contributed by atoms with E-state index < -0.39 is 0 Å².